The van der Waals surface area contributed by atoms with Crippen LogP contribution in [-0.4, -0.2) is 74.3 Å². The van der Waals surface area contributed by atoms with E-state index < -0.39 is 20.0 Å². The minimum atomic E-state index is -4.45. The number of phosphoric acid groups is 1. The highest BCUT2D eigenvalue weighted by molar-refractivity contribution is 7.47. The van der Waals surface area contributed by atoms with E-state index in [4.69, 9.17) is 13.8 Å². The van der Waals surface area contributed by atoms with Crippen LogP contribution >= 0.6 is 7.82 Å². The van der Waals surface area contributed by atoms with Crippen LogP contribution in [0.15, 0.2) is 36.5 Å². The average Bonchev–Trinajstić information content (AvgIpc) is 3.38. The van der Waals surface area contributed by atoms with Gasteiger partial charge in [-0.05, 0) is 57.4 Å². The average molecular weight is 1090 g/mol. The lowest BCUT2D eigenvalue weighted by Gasteiger charge is -2.27. The first-order valence-corrected chi connectivity index (χ1v) is 34.3. The fraction of sp³-hybridized carbons (Fsp3) is 0.879. The third-order valence-electron chi connectivity index (χ3n) is 14.9. The Bertz CT molecular complexity index is 1400. The van der Waals surface area contributed by atoms with Crippen molar-refractivity contribution in [2.45, 2.75) is 335 Å². The quantitative estimate of drug-likeness (QED) is 0.0156. The van der Waals surface area contributed by atoms with Gasteiger partial charge in [-0.1, -0.05) is 289 Å². The predicted molar refractivity (Wildman–Crippen MR) is 328 cm³/mol. The Morgan fingerprint density at radius 1 is 0.461 bits per heavy atom. The van der Waals surface area contributed by atoms with Gasteiger partial charge in [0.05, 0.1) is 33.8 Å². The summed E-state index contributed by atoms with van der Waals surface area (Å²) in [6.07, 6.45) is 68.6. The number of likely N-dealkylation sites (N-methyl/N-ethyl adjacent to an activating group) is 1. The molecule has 0 heterocycles. The number of phosphoric ester groups is 1. The van der Waals surface area contributed by atoms with Crippen molar-refractivity contribution in [3.05, 3.63) is 36.5 Å². The van der Waals surface area contributed by atoms with Gasteiger partial charge in [0.1, 0.15) is 19.3 Å². The summed E-state index contributed by atoms with van der Waals surface area (Å²) in [6, 6.07) is -0.858. The van der Waals surface area contributed by atoms with Gasteiger partial charge in [0.15, 0.2) is 0 Å². The fourth-order valence-corrected chi connectivity index (χ4v) is 10.5. The predicted octanol–water partition coefficient (Wildman–Crippen LogP) is 20.3. The molecule has 0 rings (SSSR count). The molecule has 2 N–H and O–H groups in total. The molecule has 0 spiro atoms. The summed E-state index contributed by atoms with van der Waals surface area (Å²) >= 11 is 0. The van der Waals surface area contributed by atoms with Gasteiger partial charge < -0.3 is 19.4 Å². The smallest absolute Gasteiger partial charge is 0.456 e. The molecule has 3 atom stereocenters. The molecule has 76 heavy (non-hydrogen) atoms. The standard InChI is InChI=1S/C66H127N2O7P/c1-7-10-13-16-19-22-25-28-30-32-33-34-35-36-38-41-44-47-50-53-56-59-66(70)75-64(57-54-51-48-45-42-39-27-24-21-18-15-12-9-3)63(62-74-76(71,72)73-61-60-68(4,5)6)67-65(69)58-55-52-49-46-43-40-37-31-29-26-23-20-17-14-11-8-2/h31,37,40,43,54,57,63-64H,7-30,32-36,38-39,41-42,44-53,55-56,58-62H2,1-6H3,(H-,67,69,71,72)/p+1/b37-31+,43-40+,57-54+. The van der Waals surface area contributed by atoms with Crippen molar-refractivity contribution >= 4 is 19.7 Å². The Morgan fingerprint density at radius 2 is 0.789 bits per heavy atom. The molecular formula is C66H128N2O7P+. The van der Waals surface area contributed by atoms with E-state index in [1.807, 2.05) is 33.3 Å². The van der Waals surface area contributed by atoms with Crippen molar-refractivity contribution in [1.29, 1.82) is 0 Å². The Labute approximate surface area is 472 Å². The number of nitrogens with zero attached hydrogens (tertiary/aromatic N) is 1. The van der Waals surface area contributed by atoms with E-state index in [0.717, 1.165) is 64.2 Å². The van der Waals surface area contributed by atoms with Gasteiger partial charge in [-0.3, -0.25) is 18.6 Å². The van der Waals surface area contributed by atoms with E-state index in [1.165, 1.54) is 218 Å². The van der Waals surface area contributed by atoms with Gasteiger partial charge in [0.25, 0.3) is 0 Å². The van der Waals surface area contributed by atoms with E-state index >= 15 is 0 Å². The minimum Gasteiger partial charge on any atom is -0.456 e. The van der Waals surface area contributed by atoms with Gasteiger partial charge in [-0.2, -0.15) is 0 Å². The summed E-state index contributed by atoms with van der Waals surface area (Å²) in [7, 11) is 1.49. The Morgan fingerprint density at radius 3 is 1.17 bits per heavy atom. The number of rotatable bonds is 60. The van der Waals surface area contributed by atoms with Gasteiger partial charge in [0, 0.05) is 12.8 Å². The maximum atomic E-state index is 13.5. The fourth-order valence-electron chi connectivity index (χ4n) is 9.76. The molecule has 10 heteroatoms. The molecule has 0 aromatic heterocycles. The van der Waals surface area contributed by atoms with Crippen molar-refractivity contribution < 1.29 is 37.3 Å². The number of hydrogen-bond donors (Lipinski definition) is 2. The highest BCUT2D eigenvalue weighted by Gasteiger charge is 2.30. The number of nitrogens with one attached hydrogen (secondary N) is 1. The zero-order valence-corrected chi connectivity index (χ0v) is 52.2. The zero-order valence-electron chi connectivity index (χ0n) is 51.3. The highest BCUT2D eigenvalue weighted by atomic mass is 31.2. The molecule has 0 aliphatic heterocycles. The molecule has 0 saturated heterocycles. The largest absolute Gasteiger partial charge is 0.472 e. The van der Waals surface area contributed by atoms with Crippen LogP contribution in [0.1, 0.15) is 323 Å². The molecule has 0 aliphatic rings. The number of amides is 1. The molecule has 9 nitrogen and oxygen atoms in total. The van der Waals surface area contributed by atoms with Crippen molar-refractivity contribution in [3.8, 4) is 0 Å². The van der Waals surface area contributed by atoms with E-state index in [1.54, 1.807) is 0 Å². The summed E-state index contributed by atoms with van der Waals surface area (Å²) in [6.45, 7) is 7.03. The lowest BCUT2D eigenvalue weighted by Crippen LogP contribution is -2.47. The number of allylic oxidation sites excluding steroid dienone is 5. The second-order valence-corrected chi connectivity index (χ2v) is 25.1. The Balaban J connectivity index is 5.22. The van der Waals surface area contributed by atoms with Crippen molar-refractivity contribution in [1.82, 2.24) is 5.32 Å². The first-order chi connectivity index (χ1) is 36.9. The van der Waals surface area contributed by atoms with E-state index in [-0.39, 0.29) is 25.1 Å². The molecule has 3 unspecified atom stereocenters. The van der Waals surface area contributed by atoms with Crippen molar-refractivity contribution in [2.24, 2.45) is 0 Å². The number of quaternary nitrogens is 1. The lowest BCUT2D eigenvalue weighted by molar-refractivity contribution is -0.870. The molecule has 0 radical (unpaired) electrons. The zero-order chi connectivity index (χ0) is 55.7. The maximum absolute atomic E-state index is 13.5. The van der Waals surface area contributed by atoms with Gasteiger partial charge in [0.2, 0.25) is 5.91 Å². The van der Waals surface area contributed by atoms with Gasteiger partial charge >= 0.3 is 13.8 Å². The van der Waals surface area contributed by atoms with Crippen molar-refractivity contribution in [2.75, 3.05) is 40.9 Å². The first-order valence-electron chi connectivity index (χ1n) is 32.8. The van der Waals surface area contributed by atoms with Crippen LogP contribution in [0.25, 0.3) is 0 Å². The van der Waals surface area contributed by atoms with Crippen LogP contribution < -0.4 is 5.32 Å². The molecule has 0 saturated carbocycles. The summed E-state index contributed by atoms with van der Waals surface area (Å²) in [5.74, 6) is -0.520. The minimum absolute atomic E-state index is 0.0375. The monoisotopic (exact) mass is 1090 g/mol. The third-order valence-corrected chi connectivity index (χ3v) is 15.8. The molecule has 1 amide bonds. The molecule has 0 aromatic carbocycles. The number of hydrogen-bond acceptors (Lipinski definition) is 6. The molecule has 0 aromatic rings. The number of ether oxygens (including phenoxy) is 1. The molecule has 0 bridgehead atoms. The highest BCUT2D eigenvalue weighted by Crippen LogP contribution is 2.43. The second-order valence-electron chi connectivity index (χ2n) is 23.7. The van der Waals surface area contributed by atoms with Crippen LogP contribution in [0.2, 0.25) is 0 Å². The van der Waals surface area contributed by atoms with Gasteiger partial charge in [-0.25, -0.2) is 4.57 Å². The summed E-state index contributed by atoms with van der Waals surface area (Å²) in [4.78, 5) is 37.8. The Kier molecular flexibility index (Phi) is 55.2. The van der Waals surface area contributed by atoms with Crippen LogP contribution in [0.5, 0.6) is 0 Å². The first kappa shape index (κ1) is 74.2. The van der Waals surface area contributed by atoms with E-state index in [2.05, 4.69) is 50.4 Å². The summed E-state index contributed by atoms with van der Waals surface area (Å²) in [5, 5.41) is 3.05. The lowest BCUT2D eigenvalue weighted by atomic mass is 10.0. The van der Waals surface area contributed by atoms with Crippen LogP contribution in [0.3, 0.4) is 0 Å². The summed E-state index contributed by atoms with van der Waals surface area (Å²) < 4.78 is 30.7. The van der Waals surface area contributed by atoms with Crippen molar-refractivity contribution in [3.63, 3.8) is 0 Å². The van der Waals surface area contributed by atoms with Crippen LogP contribution in [-0.2, 0) is 27.9 Å². The normalized spacial score (nSPS) is 13.8. The topological polar surface area (TPSA) is 111 Å². The third kappa shape index (κ3) is 56.9. The van der Waals surface area contributed by atoms with Crippen LogP contribution in [0, 0.1) is 0 Å². The number of unbranched alkanes of at least 4 members (excludes halogenated alkanes) is 41. The SMILES string of the molecule is CCCCCCCCC/C=C/C=C/CCCCCC(=O)NC(COP(=O)(O)OCC[N+](C)(C)C)C(/C=C/CCCCCCCCCCCCC)OC(=O)CCCCCCCCCCCCCCCCCCCCCCC. The summed E-state index contributed by atoms with van der Waals surface area (Å²) in [5.41, 5.74) is 0. The number of esters is 1. The maximum Gasteiger partial charge on any atom is 0.472 e. The molecular weight excluding hydrogens is 964 g/mol. The number of carbonyl (C=O) groups is 2. The molecule has 0 aliphatic carbocycles. The van der Waals surface area contributed by atoms with Gasteiger partial charge in [-0.15, -0.1) is 0 Å². The van der Waals surface area contributed by atoms with E-state index in [9.17, 15) is 19.0 Å². The van der Waals surface area contributed by atoms with E-state index in [0.29, 0.717) is 30.3 Å². The Hall–Kier alpha value is -1.77. The number of carbonyl (C=O) groups excluding carboxylic acids is 2. The second kappa shape index (κ2) is 56.5. The molecule has 448 valence electrons. The van der Waals surface area contributed by atoms with Crippen LogP contribution in [0.4, 0.5) is 0 Å². The molecule has 0 fully saturated rings.